The number of unbranched alkanes of at least 4 members (excludes halogenated alkanes) is 2. The predicted octanol–water partition coefficient (Wildman–Crippen LogP) is 2.07. The van der Waals surface area contributed by atoms with Crippen LogP contribution in [0, 0.1) is 0 Å². The molecule has 12 nitrogen and oxygen atoms in total. The van der Waals surface area contributed by atoms with Gasteiger partial charge >= 0.3 is 18.0 Å². The Morgan fingerprint density at radius 2 is 1.42 bits per heavy atom. The van der Waals surface area contributed by atoms with Crippen molar-refractivity contribution in [1.29, 1.82) is 0 Å². The minimum absolute atomic E-state index is 0.0244. The molecule has 0 aliphatic carbocycles. The topological polar surface area (TPSA) is 175 Å². The molecule has 0 fully saturated rings. The summed E-state index contributed by atoms with van der Waals surface area (Å²) in [6.07, 6.45) is 2.38. The number of carbonyl (C=O) groups is 5. The first kappa shape index (κ1) is 35.1. The maximum Gasteiger partial charge on any atom is 0.407 e. The van der Waals surface area contributed by atoms with Gasteiger partial charge < -0.3 is 35.9 Å². The summed E-state index contributed by atoms with van der Waals surface area (Å²) in [5, 5.41) is 7.64. The van der Waals surface area contributed by atoms with E-state index >= 15 is 0 Å². The van der Waals surface area contributed by atoms with E-state index in [1.165, 1.54) is 0 Å². The van der Waals surface area contributed by atoms with Gasteiger partial charge in [0.2, 0.25) is 11.8 Å². The zero-order chi connectivity index (χ0) is 29.4. The number of amides is 3. The highest BCUT2D eigenvalue weighted by Gasteiger charge is 2.26. The molecule has 0 aliphatic rings. The molecule has 3 amide bonds. The predicted molar refractivity (Wildman–Crippen MR) is 142 cm³/mol. The Balaban J connectivity index is 4.81. The van der Waals surface area contributed by atoms with Crippen molar-refractivity contribution in [2.24, 2.45) is 5.73 Å². The average Bonchev–Trinajstić information content (AvgIpc) is 2.77. The summed E-state index contributed by atoms with van der Waals surface area (Å²) < 4.78 is 15.4. The van der Waals surface area contributed by atoms with Crippen molar-refractivity contribution in [3.05, 3.63) is 0 Å². The molecule has 5 N–H and O–H groups in total. The minimum Gasteiger partial charge on any atom is -0.466 e. The van der Waals surface area contributed by atoms with Crippen LogP contribution in [0.4, 0.5) is 4.79 Å². The second-order valence-electron chi connectivity index (χ2n) is 11.0. The van der Waals surface area contributed by atoms with Crippen LogP contribution in [0.5, 0.6) is 0 Å². The van der Waals surface area contributed by atoms with Crippen molar-refractivity contribution >= 4 is 29.8 Å². The smallest absolute Gasteiger partial charge is 0.407 e. The lowest BCUT2D eigenvalue weighted by molar-refractivity contribution is -0.154. The highest BCUT2D eigenvalue weighted by molar-refractivity contribution is 5.91. The van der Waals surface area contributed by atoms with E-state index in [2.05, 4.69) is 16.0 Å². The monoisotopic (exact) mass is 544 g/mol. The zero-order valence-electron chi connectivity index (χ0n) is 24.1. The maximum atomic E-state index is 12.7. The highest BCUT2D eigenvalue weighted by atomic mass is 16.6. The van der Waals surface area contributed by atoms with E-state index in [4.69, 9.17) is 19.9 Å². The molecule has 0 bridgehead atoms. The van der Waals surface area contributed by atoms with Crippen LogP contribution < -0.4 is 21.7 Å². The standard InChI is InChI=1S/C26H48N4O8/c1-8-9-16-36-20(31)14-13-19(23(34)29-17-21(32)37-25(2,3)4)30-22(33)18(27)12-10-11-15-28-24(35)38-26(5,6)7/h18-19H,8-17,27H2,1-7H3,(H,28,35)(H,29,34)(H,30,33). The Bertz CT molecular complexity index is 774. The Kier molecular flexibility index (Phi) is 16.3. The minimum atomic E-state index is -1.09. The van der Waals surface area contributed by atoms with Gasteiger partial charge in [0.15, 0.2) is 0 Å². The largest absolute Gasteiger partial charge is 0.466 e. The van der Waals surface area contributed by atoms with E-state index in [0.717, 1.165) is 12.8 Å². The van der Waals surface area contributed by atoms with Crippen LogP contribution in [0.15, 0.2) is 0 Å². The Hall–Kier alpha value is -2.89. The second kappa shape index (κ2) is 17.6. The fourth-order valence-corrected chi connectivity index (χ4v) is 3.00. The molecule has 2 atom stereocenters. The van der Waals surface area contributed by atoms with Crippen molar-refractivity contribution in [3.8, 4) is 0 Å². The number of carbonyl (C=O) groups excluding carboxylic acids is 5. The Labute approximate surface area is 226 Å². The molecule has 0 aromatic rings. The quantitative estimate of drug-likeness (QED) is 0.129. The molecule has 0 radical (unpaired) electrons. The van der Waals surface area contributed by atoms with Gasteiger partial charge in [-0.25, -0.2) is 4.79 Å². The number of esters is 2. The van der Waals surface area contributed by atoms with Crippen molar-refractivity contribution in [2.75, 3.05) is 19.7 Å². The fourth-order valence-electron chi connectivity index (χ4n) is 3.00. The molecule has 38 heavy (non-hydrogen) atoms. The third-order valence-electron chi connectivity index (χ3n) is 4.80. The van der Waals surface area contributed by atoms with Crippen molar-refractivity contribution in [1.82, 2.24) is 16.0 Å². The number of ether oxygens (including phenoxy) is 3. The summed E-state index contributed by atoms with van der Waals surface area (Å²) >= 11 is 0. The summed E-state index contributed by atoms with van der Waals surface area (Å²) in [7, 11) is 0. The molecule has 0 saturated heterocycles. The number of nitrogens with one attached hydrogen (secondary N) is 3. The third-order valence-corrected chi connectivity index (χ3v) is 4.80. The average molecular weight is 545 g/mol. The molecule has 0 heterocycles. The summed E-state index contributed by atoms with van der Waals surface area (Å²) in [5.74, 6) is -2.33. The van der Waals surface area contributed by atoms with Crippen LogP contribution in [0.25, 0.3) is 0 Å². The first-order valence-corrected chi connectivity index (χ1v) is 13.2. The molecule has 12 heteroatoms. The molecule has 220 valence electrons. The zero-order valence-corrected chi connectivity index (χ0v) is 24.1. The fraction of sp³-hybridized carbons (Fsp3) is 0.808. The highest BCUT2D eigenvalue weighted by Crippen LogP contribution is 2.08. The van der Waals surface area contributed by atoms with Crippen LogP contribution in [-0.2, 0) is 33.4 Å². The molecule has 2 unspecified atom stereocenters. The van der Waals surface area contributed by atoms with Gasteiger partial charge in [-0.2, -0.15) is 0 Å². The van der Waals surface area contributed by atoms with Gasteiger partial charge in [-0.3, -0.25) is 19.2 Å². The van der Waals surface area contributed by atoms with Crippen LogP contribution in [-0.4, -0.2) is 72.8 Å². The number of rotatable bonds is 16. The molecule has 0 aromatic carbocycles. The lowest BCUT2D eigenvalue weighted by Crippen LogP contribution is -2.52. The molecule has 0 spiro atoms. The normalized spacial score (nSPS) is 13.1. The van der Waals surface area contributed by atoms with E-state index in [1.807, 2.05) is 6.92 Å². The summed E-state index contributed by atoms with van der Waals surface area (Å²) in [6.45, 7) is 12.6. The van der Waals surface area contributed by atoms with E-state index in [9.17, 15) is 24.0 Å². The van der Waals surface area contributed by atoms with Gasteiger partial charge in [0.25, 0.3) is 0 Å². The van der Waals surface area contributed by atoms with Crippen LogP contribution in [0.3, 0.4) is 0 Å². The molecule has 0 aliphatic heterocycles. The van der Waals surface area contributed by atoms with Gasteiger partial charge in [-0.15, -0.1) is 0 Å². The third kappa shape index (κ3) is 19.3. The first-order chi connectivity index (χ1) is 17.5. The van der Waals surface area contributed by atoms with E-state index in [-0.39, 0.29) is 26.0 Å². The molecule has 0 aromatic heterocycles. The van der Waals surface area contributed by atoms with Crippen molar-refractivity contribution < 1.29 is 38.2 Å². The lowest BCUT2D eigenvalue weighted by atomic mass is 10.1. The van der Waals surface area contributed by atoms with Crippen molar-refractivity contribution in [3.63, 3.8) is 0 Å². The van der Waals surface area contributed by atoms with Gasteiger partial charge in [0.1, 0.15) is 23.8 Å². The van der Waals surface area contributed by atoms with Crippen LogP contribution in [0.1, 0.15) is 93.4 Å². The van der Waals surface area contributed by atoms with Gasteiger partial charge in [0, 0.05) is 13.0 Å². The number of hydrogen-bond donors (Lipinski definition) is 4. The Morgan fingerprint density at radius 3 is 2.00 bits per heavy atom. The lowest BCUT2D eigenvalue weighted by Gasteiger charge is -2.22. The second-order valence-corrected chi connectivity index (χ2v) is 11.0. The molecule has 0 rings (SSSR count). The Morgan fingerprint density at radius 1 is 0.789 bits per heavy atom. The number of hydrogen-bond acceptors (Lipinski definition) is 9. The first-order valence-electron chi connectivity index (χ1n) is 13.2. The maximum absolute atomic E-state index is 12.7. The van der Waals surface area contributed by atoms with Crippen molar-refractivity contribution in [2.45, 2.75) is 117 Å². The van der Waals surface area contributed by atoms with E-state index in [0.29, 0.717) is 25.8 Å². The van der Waals surface area contributed by atoms with E-state index < -0.39 is 53.1 Å². The number of nitrogens with two attached hydrogens (primary N) is 1. The summed E-state index contributed by atoms with van der Waals surface area (Å²) in [4.78, 5) is 61.0. The molecular weight excluding hydrogens is 496 g/mol. The van der Waals surface area contributed by atoms with Gasteiger partial charge in [-0.1, -0.05) is 13.3 Å². The molecule has 0 saturated carbocycles. The van der Waals surface area contributed by atoms with E-state index in [1.54, 1.807) is 41.5 Å². The summed E-state index contributed by atoms with van der Waals surface area (Å²) in [6, 6.07) is -2.00. The van der Waals surface area contributed by atoms with Gasteiger partial charge in [0.05, 0.1) is 12.6 Å². The number of alkyl carbamates (subject to hydrolysis) is 1. The summed E-state index contributed by atoms with van der Waals surface area (Å²) in [5.41, 5.74) is 4.69. The SMILES string of the molecule is CCCCOC(=O)CCC(NC(=O)C(N)CCCCNC(=O)OC(C)(C)C)C(=O)NCC(=O)OC(C)(C)C. The molecular formula is C26H48N4O8. The van der Waals surface area contributed by atoms with Crippen LogP contribution in [0.2, 0.25) is 0 Å². The van der Waals surface area contributed by atoms with Gasteiger partial charge in [-0.05, 0) is 73.6 Å². The van der Waals surface area contributed by atoms with Crippen LogP contribution >= 0.6 is 0 Å².